The summed E-state index contributed by atoms with van der Waals surface area (Å²) in [5.41, 5.74) is 2.84. The predicted octanol–water partition coefficient (Wildman–Crippen LogP) is 2.79. The first kappa shape index (κ1) is 15.4. The second-order valence-corrected chi connectivity index (χ2v) is 6.40. The van der Waals surface area contributed by atoms with E-state index in [0.717, 1.165) is 4.88 Å². The highest BCUT2D eigenvalue weighted by atomic mass is 35.5. The minimum Gasteiger partial charge on any atom is -0.267 e. The molecule has 3 rings (SSSR count). The summed E-state index contributed by atoms with van der Waals surface area (Å²) in [6.07, 6.45) is 0. The molecule has 23 heavy (non-hydrogen) atoms. The maximum atomic E-state index is 12.3. The molecule has 2 N–H and O–H groups in total. The molecule has 0 atom stereocenters. The van der Waals surface area contributed by atoms with E-state index in [1.807, 2.05) is 6.07 Å². The molecular weight excluding hydrogens is 336 g/mol. The molecular formula is C15H11ClN4O2S. The van der Waals surface area contributed by atoms with Crippen LogP contribution in [-0.4, -0.2) is 21.8 Å². The van der Waals surface area contributed by atoms with Gasteiger partial charge in [0.2, 0.25) is 0 Å². The zero-order valence-corrected chi connectivity index (χ0v) is 13.5. The molecule has 0 saturated heterocycles. The van der Waals surface area contributed by atoms with Crippen LogP contribution in [0, 0.1) is 0 Å². The standard InChI is InChI=1S/C15H11ClN4O2S/c1-8(11-6-7-12(16)23-11)17-20-15(22)13-9-4-2-3-5-10(9)14(21)19-18-13/h2-7H,1H3,(H,19,21)(H,20,22)/b17-8-. The fourth-order valence-electron chi connectivity index (χ4n) is 2.04. The quantitative estimate of drug-likeness (QED) is 0.564. The SMILES string of the molecule is C/C(=N/NC(=O)c1n[nH]c(=O)c2ccccc12)c1ccc(Cl)s1. The van der Waals surface area contributed by atoms with Crippen molar-refractivity contribution in [2.45, 2.75) is 6.92 Å². The van der Waals surface area contributed by atoms with Crippen molar-refractivity contribution in [2.24, 2.45) is 5.10 Å². The molecule has 3 aromatic rings. The van der Waals surface area contributed by atoms with E-state index in [-0.39, 0.29) is 11.3 Å². The van der Waals surface area contributed by atoms with Crippen molar-refractivity contribution in [3.05, 3.63) is 61.7 Å². The summed E-state index contributed by atoms with van der Waals surface area (Å²) in [4.78, 5) is 24.9. The van der Waals surface area contributed by atoms with Crippen LogP contribution in [0.4, 0.5) is 0 Å². The fraction of sp³-hybridized carbons (Fsp3) is 0.0667. The zero-order valence-electron chi connectivity index (χ0n) is 12.0. The Morgan fingerprint density at radius 1 is 1.26 bits per heavy atom. The van der Waals surface area contributed by atoms with Gasteiger partial charge < -0.3 is 0 Å². The number of hydrogen-bond acceptors (Lipinski definition) is 5. The van der Waals surface area contributed by atoms with Gasteiger partial charge in [-0.25, -0.2) is 10.5 Å². The second-order valence-electron chi connectivity index (χ2n) is 4.69. The summed E-state index contributed by atoms with van der Waals surface area (Å²) < 4.78 is 0.647. The molecule has 8 heteroatoms. The number of carbonyl (C=O) groups is 1. The molecule has 0 bridgehead atoms. The fourth-order valence-corrected chi connectivity index (χ4v) is 3.03. The predicted molar refractivity (Wildman–Crippen MR) is 91.4 cm³/mol. The topological polar surface area (TPSA) is 87.2 Å². The first-order valence-electron chi connectivity index (χ1n) is 6.64. The molecule has 0 aliphatic carbocycles. The Balaban J connectivity index is 1.90. The average molecular weight is 347 g/mol. The molecule has 0 aliphatic rings. The van der Waals surface area contributed by atoms with E-state index in [0.29, 0.717) is 20.8 Å². The van der Waals surface area contributed by atoms with E-state index >= 15 is 0 Å². The first-order chi connectivity index (χ1) is 11.1. The van der Waals surface area contributed by atoms with Gasteiger partial charge in [-0.1, -0.05) is 29.8 Å². The summed E-state index contributed by atoms with van der Waals surface area (Å²) in [7, 11) is 0. The van der Waals surface area contributed by atoms with Crippen LogP contribution < -0.4 is 11.0 Å². The number of carbonyl (C=O) groups excluding carboxylic acids is 1. The molecule has 2 aromatic heterocycles. The van der Waals surface area contributed by atoms with Crippen molar-refractivity contribution in [2.75, 3.05) is 0 Å². The maximum absolute atomic E-state index is 12.3. The smallest absolute Gasteiger partial charge is 0.267 e. The number of thiophene rings is 1. The monoisotopic (exact) mass is 346 g/mol. The third-order valence-corrected chi connectivity index (χ3v) is 4.51. The summed E-state index contributed by atoms with van der Waals surface area (Å²) in [5, 5.41) is 11.1. The second kappa shape index (κ2) is 6.31. The van der Waals surface area contributed by atoms with Crippen molar-refractivity contribution < 1.29 is 4.79 Å². The summed E-state index contributed by atoms with van der Waals surface area (Å²) in [5.74, 6) is -0.501. The largest absolute Gasteiger partial charge is 0.292 e. The lowest BCUT2D eigenvalue weighted by atomic mass is 10.1. The van der Waals surface area contributed by atoms with Crippen LogP contribution in [0.2, 0.25) is 4.34 Å². The number of hydrogen-bond donors (Lipinski definition) is 2. The van der Waals surface area contributed by atoms with Crippen LogP contribution in [0.25, 0.3) is 10.8 Å². The Bertz CT molecular complexity index is 977. The number of aromatic nitrogens is 2. The number of rotatable bonds is 3. The van der Waals surface area contributed by atoms with Crippen LogP contribution in [0.1, 0.15) is 22.3 Å². The third kappa shape index (κ3) is 3.15. The third-order valence-electron chi connectivity index (χ3n) is 3.17. The van der Waals surface area contributed by atoms with Gasteiger partial charge in [0.1, 0.15) is 0 Å². The van der Waals surface area contributed by atoms with Gasteiger partial charge in [0.05, 0.1) is 20.3 Å². The van der Waals surface area contributed by atoms with E-state index in [4.69, 9.17) is 11.6 Å². The minimum absolute atomic E-state index is 0.112. The Labute approximate surface area is 139 Å². The molecule has 0 radical (unpaired) electrons. The maximum Gasteiger partial charge on any atom is 0.292 e. The minimum atomic E-state index is -0.501. The lowest BCUT2D eigenvalue weighted by Gasteiger charge is -2.04. The normalized spacial score (nSPS) is 11.7. The zero-order chi connectivity index (χ0) is 16.4. The van der Waals surface area contributed by atoms with Gasteiger partial charge in [0.15, 0.2) is 5.69 Å². The van der Waals surface area contributed by atoms with Crippen LogP contribution in [0.5, 0.6) is 0 Å². The van der Waals surface area contributed by atoms with Crippen molar-refractivity contribution in [1.29, 1.82) is 0 Å². The van der Waals surface area contributed by atoms with Gasteiger partial charge in [-0.05, 0) is 25.1 Å². The molecule has 0 spiro atoms. The Morgan fingerprint density at radius 3 is 2.70 bits per heavy atom. The number of halogens is 1. The number of aromatic amines is 1. The number of nitrogens with zero attached hydrogens (tertiary/aromatic N) is 2. The molecule has 0 unspecified atom stereocenters. The number of fused-ring (bicyclic) bond motifs is 1. The molecule has 1 aromatic carbocycles. The first-order valence-corrected chi connectivity index (χ1v) is 7.83. The molecule has 1 amide bonds. The lowest BCUT2D eigenvalue weighted by Crippen LogP contribution is -2.23. The molecule has 6 nitrogen and oxygen atoms in total. The molecule has 2 heterocycles. The summed E-state index contributed by atoms with van der Waals surface area (Å²) in [6, 6.07) is 10.4. The highest BCUT2D eigenvalue weighted by molar-refractivity contribution is 7.18. The van der Waals surface area contributed by atoms with Gasteiger partial charge in [-0.2, -0.15) is 10.2 Å². The highest BCUT2D eigenvalue weighted by Crippen LogP contribution is 2.21. The van der Waals surface area contributed by atoms with Crippen molar-refractivity contribution in [3.63, 3.8) is 0 Å². The van der Waals surface area contributed by atoms with Crippen LogP contribution in [0.3, 0.4) is 0 Å². The van der Waals surface area contributed by atoms with Crippen molar-refractivity contribution in [3.8, 4) is 0 Å². The van der Waals surface area contributed by atoms with E-state index in [2.05, 4.69) is 20.7 Å². The Morgan fingerprint density at radius 2 is 2.00 bits per heavy atom. The number of amides is 1. The van der Waals surface area contributed by atoms with Gasteiger partial charge in [-0.15, -0.1) is 11.3 Å². The van der Waals surface area contributed by atoms with Crippen molar-refractivity contribution in [1.82, 2.24) is 15.6 Å². The molecule has 0 fully saturated rings. The number of H-pyrrole nitrogens is 1. The van der Waals surface area contributed by atoms with Gasteiger partial charge in [0.25, 0.3) is 11.5 Å². The van der Waals surface area contributed by atoms with E-state index in [9.17, 15) is 9.59 Å². The molecule has 0 aliphatic heterocycles. The number of hydrazone groups is 1. The number of benzene rings is 1. The van der Waals surface area contributed by atoms with E-state index < -0.39 is 5.91 Å². The Kier molecular flexibility index (Phi) is 4.22. The molecule has 116 valence electrons. The van der Waals surface area contributed by atoms with Crippen LogP contribution in [0.15, 0.2) is 46.3 Å². The number of nitrogens with one attached hydrogen (secondary N) is 2. The van der Waals surface area contributed by atoms with Crippen molar-refractivity contribution >= 4 is 45.3 Å². The average Bonchev–Trinajstić information content (AvgIpc) is 2.99. The lowest BCUT2D eigenvalue weighted by molar-refractivity contribution is 0.0950. The van der Waals surface area contributed by atoms with Crippen LogP contribution >= 0.6 is 22.9 Å². The molecule has 0 saturated carbocycles. The van der Waals surface area contributed by atoms with Crippen LogP contribution in [-0.2, 0) is 0 Å². The Hall–Kier alpha value is -2.51. The van der Waals surface area contributed by atoms with Gasteiger partial charge >= 0.3 is 0 Å². The highest BCUT2D eigenvalue weighted by Gasteiger charge is 2.13. The van der Waals surface area contributed by atoms with Gasteiger partial charge in [-0.3, -0.25) is 9.59 Å². The summed E-state index contributed by atoms with van der Waals surface area (Å²) in [6.45, 7) is 1.76. The van der Waals surface area contributed by atoms with E-state index in [1.54, 1.807) is 37.3 Å². The van der Waals surface area contributed by atoms with E-state index in [1.165, 1.54) is 11.3 Å². The summed E-state index contributed by atoms with van der Waals surface area (Å²) >= 11 is 7.24. The van der Waals surface area contributed by atoms with Gasteiger partial charge in [0, 0.05) is 5.39 Å².